The van der Waals surface area contributed by atoms with Crippen molar-refractivity contribution >= 4 is 11.6 Å². The molecule has 10 heavy (non-hydrogen) atoms. The second kappa shape index (κ2) is 2.70. The quantitative estimate of drug-likeness (QED) is 0.438. The van der Waals surface area contributed by atoms with Gasteiger partial charge in [-0.2, -0.15) is 9.71 Å². The first-order chi connectivity index (χ1) is 4.74. The van der Waals surface area contributed by atoms with E-state index < -0.39 is 0 Å². The molecule has 1 rings (SSSR count). The fourth-order valence-corrected chi connectivity index (χ4v) is 0.667. The van der Waals surface area contributed by atoms with Gasteiger partial charge in [0.2, 0.25) is 0 Å². The SMILES string of the molecule is CN=c1nc(Cl)ccn1O. The van der Waals surface area contributed by atoms with Crippen molar-refractivity contribution in [1.29, 1.82) is 0 Å². The summed E-state index contributed by atoms with van der Waals surface area (Å²) < 4.78 is 0.797. The maximum atomic E-state index is 8.94. The number of aromatic nitrogens is 2. The zero-order chi connectivity index (χ0) is 7.56. The molecule has 0 aliphatic heterocycles. The predicted octanol–water partition coefficient (Wildman–Crippen LogP) is 0.304. The standard InChI is InChI=1S/C5H6ClN3O/c1-7-5-8-4(6)2-3-9(5)10/h2-3,10H,1H3. The summed E-state index contributed by atoms with van der Waals surface area (Å²) in [6.45, 7) is 0. The number of halogens is 1. The van der Waals surface area contributed by atoms with Crippen LogP contribution in [0.3, 0.4) is 0 Å². The van der Waals surface area contributed by atoms with Crippen LogP contribution < -0.4 is 5.62 Å². The normalized spacial score (nSPS) is 12.0. The minimum absolute atomic E-state index is 0.188. The van der Waals surface area contributed by atoms with E-state index in [1.54, 1.807) is 0 Å². The second-order valence-electron chi connectivity index (χ2n) is 1.62. The van der Waals surface area contributed by atoms with E-state index in [1.807, 2.05) is 0 Å². The van der Waals surface area contributed by atoms with E-state index in [-0.39, 0.29) is 5.62 Å². The maximum Gasteiger partial charge on any atom is 0.259 e. The van der Waals surface area contributed by atoms with Gasteiger partial charge in [-0.15, -0.1) is 0 Å². The first-order valence-electron chi connectivity index (χ1n) is 2.61. The lowest BCUT2D eigenvalue weighted by molar-refractivity contribution is 0.166. The Bertz CT molecular complexity index is 293. The highest BCUT2D eigenvalue weighted by atomic mass is 35.5. The molecule has 0 fully saturated rings. The van der Waals surface area contributed by atoms with Crippen LogP contribution in [-0.2, 0) is 0 Å². The lowest BCUT2D eigenvalue weighted by atomic mass is 10.7. The van der Waals surface area contributed by atoms with Crippen molar-refractivity contribution in [1.82, 2.24) is 9.71 Å². The third kappa shape index (κ3) is 1.27. The number of nitrogens with zero attached hydrogens (tertiary/aromatic N) is 3. The van der Waals surface area contributed by atoms with E-state index in [0.29, 0.717) is 5.15 Å². The third-order valence-electron chi connectivity index (χ3n) is 0.965. The largest absolute Gasteiger partial charge is 0.425 e. The molecule has 0 aliphatic carbocycles. The van der Waals surface area contributed by atoms with Crippen LogP contribution in [0.2, 0.25) is 5.15 Å². The molecular weight excluding hydrogens is 154 g/mol. The Hall–Kier alpha value is -1.03. The highest BCUT2D eigenvalue weighted by Crippen LogP contribution is 1.95. The Morgan fingerprint density at radius 1 is 1.80 bits per heavy atom. The highest BCUT2D eigenvalue weighted by molar-refractivity contribution is 6.29. The second-order valence-corrected chi connectivity index (χ2v) is 2.01. The Labute approximate surface area is 62.4 Å². The Balaban J connectivity index is 3.37. The molecule has 0 saturated carbocycles. The highest BCUT2D eigenvalue weighted by Gasteiger charge is 1.90. The molecule has 4 nitrogen and oxygen atoms in total. The summed E-state index contributed by atoms with van der Waals surface area (Å²) in [6, 6.07) is 1.47. The van der Waals surface area contributed by atoms with Crippen LogP contribution in [0.1, 0.15) is 0 Å². The van der Waals surface area contributed by atoms with Crippen LogP contribution in [0.4, 0.5) is 0 Å². The summed E-state index contributed by atoms with van der Waals surface area (Å²) in [7, 11) is 1.52. The van der Waals surface area contributed by atoms with Crippen molar-refractivity contribution in [2.75, 3.05) is 7.05 Å². The number of rotatable bonds is 0. The molecule has 0 radical (unpaired) electrons. The summed E-state index contributed by atoms with van der Waals surface area (Å²) in [6.07, 6.45) is 1.37. The maximum absolute atomic E-state index is 8.94. The Kier molecular flexibility index (Phi) is 1.91. The summed E-state index contributed by atoms with van der Waals surface area (Å²) in [5.74, 6) is 0. The summed E-state index contributed by atoms with van der Waals surface area (Å²) in [5, 5.41) is 9.25. The molecule has 0 aliphatic rings. The van der Waals surface area contributed by atoms with Gasteiger partial charge in [-0.3, -0.25) is 4.99 Å². The lowest BCUT2D eigenvalue weighted by Crippen LogP contribution is -2.21. The van der Waals surface area contributed by atoms with Crippen LogP contribution in [-0.4, -0.2) is 22.0 Å². The molecule has 0 aromatic carbocycles. The van der Waals surface area contributed by atoms with E-state index in [4.69, 9.17) is 16.8 Å². The van der Waals surface area contributed by atoms with E-state index in [0.717, 1.165) is 4.73 Å². The molecule has 1 aromatic heterocycles. The van der Waals surface area contributed by atoms with Gasteiger partial charge in [-0.05, 0) is 6.07 Å². The minimum Gasteiger partial charge on any atom is -0.425 e. The molecule has 1 N–H and O–H groups in total. The summed E-state index contributed by atoms with van der Waals surface area (Å²) in [5.41, 5.74) is 0.188. The van der Waals surface area contributed by atoms with Crippen LogP contribution in [0, 0.1) is 0 Å². The van der Waals surface area contributed by atoms with Crippen LogP contribution in [0.15, 0.2) is 17.3 Å². The van der Waals surface area contributed by atoms with E-state index in [1.165, 1.54) is 19.3 Å². The summed E-state index contributed by atoms with van der Waals surface area (Å²) in [4.78, 5) is 7.35. The van der Waals surface area contributed by atoms with E-state index in [2.05, 4.69) is 9.98 Å². The first-order valence-corrected chi connectivity index (χ1v) is 2.99. The average molecular weight is 160 g/mol. The van der Waals surface area contributed by atoms with Crippen molar-refractivity contribution in [2.45, 2.75) is 0 Å². The number of hydrogen-bond acceptors (Lipinski definition) is 3. The molecule has 0 bridgehead atoms. The topological polar surface area (TPSA) is 50.4 Å². The summed E-state index contributed by atoms with van der Waals surface area (Å²) >= 11 is 5.50. The van der Waals surface area contributed by atoms with Crippen molar-refractivity contribution < 1.29 is 5.21 Å². The fourth-order valence-electron chi connectivity index (χ4n) is 0.535. The minimum atomic E-state index is 0.188. The zero-order valence-electron chi connectivity index (χ0n) is 5.32. The monoisotopic (exact) mass is 159 g/mol. The van der Waals surface area contributed by atoms with Crippen molar-refractivity contribution in [3.63, 3.8) is 0 Å². The van der Waals surface area contributed by atoms with Gasteiger partial charge in [0, 0.05) is 7.05 Å². The van der Waals surface area contributed by atoms with Crippen molar-refractivity contribution in [3.8, 4) is 0 Å². The molecular formula is C5H6ClN3O. The Morgan fingerprint density at radius 2 is 2.50 bits per heavy atom. The molecule has 0 atom stereocenters. The van der Waals surface area contributed by atoms with E-state index >= 15 is 0 Å². The molecule has 0 unspecified atom stereocenters. The molecule has 5 heteroatoms. The first kappa shape index (κ1) is 7.08. The molecule has 0 amide bonds. The van der Waals surface area contributed by atoms with Crippen LogP contribution in [0.5, 0.6) is 0 Å². The molecule has 0 spiro atoms. The zero-order valence-corrected chi connectivity index (χ0v) is 6.08. The van der Waals surface area contributed by atoms with Crippen LogP contribution >= 0.6 is 11.6 Å². The van der Waals surface area contributed by atoms with Gasteiger partial charge in [-0.1, -0.05) is 11.6 Å². The molecule has 54 valence electrons. The van der Waals surface area contributed by atoms with Crippen LogP contribution in [0.25, 0.3) is 0 Å². The van der Waals surface area contributed by atoms with Gasteiger partial charge in [0.25, 0.3) is 5.62 Å². The van der Waals surface area contributed by atoms with Gasteiger partial charge in [0.15, 0.2) is 0 Å². The lowest BCUT2D eigenvalue weighted by Gasteiger charge is -1.94. The van der Waals surface area contributed by atoms with Crippen molar-refractivity contribution in [2.24, 2.45) is 4.99 Å². The number of hydrogen-bond donors (Lipinski definition) is 1. The predicted molar refractivity (Wildman–Crippen MR) is 35.9 cm³/mol. The molecule has 1 heterocycles. The fraction of sp³-hybridized carbons (Fsp3) is 0.200. The smallest absolute Gasteiger partial charge is 0.259 e. The van der Waals surface area contributed by atoms with Crippen molar-refractivity contribution in [3.05, 3.63) is 23.0 Å². The van der Waals surface area contributed by atoms with Gasteiger partial charge in [0.05, 0.1) is 6.20 Å². The van der Waals surface area contributed by atoms with Gasteiger partial charge in [-0.25, -0.2) is 0 Å². The molecule has 0 saturated heterocycles. The average Bonchev–Trinajstić information content (AvgIpc) is 1.94. The van der Waals surface area contributed by atoms with Gasteiger partial charge >= 0.3 is 0 Å². The Morgan fingerprint density at radius 3 is 3.00 bits per heavy atom. The van der Waals surface area contributed by atoms with Gasteiger partial charge < -0.3 is 5.21 Å². The molecule has 1 aromatic rings. The third-order valence-corrected chi connectivity index (χ3v) is 1.18. The van der Waals surface area contributed by atoms with E-state index in [9.17, 15) is 0 Å². The van der Waals surface area contributed by atoms with Gasteiger partial charge in [0.1, 0.15) is 5.15 Å².